The van der Waals surface area contributed by atoms with Crippen LogP contribution < -0.4 is 0 Å². The maximum absolute atomic E-state index is 13.6. The third-order valence-corrected chi connectivity index (χ3v) is 3.42. The van der Waals surface area contributed by atoms with E-state index >= 15 is 0 Å². The zero-order chi connectivity index (χ0) is 12.4. The highest BCUT2D eigenvalue weighted by Crippen LogP contribution is 2.19. The number of nitrogens with zero attached hydrogens (tertiary/aromatic N) is 1. The molecule has 3 heteroatoms. The smallest absolute Gasteiger partial charge is 0.256 e. The van der Waals surface area contributed by atoms with Gasteiger partial charge in [-0.1, -0.05) is 18.6 Å². The zero-order valence-corrected chi connectivity index (χ0v) is 10.4. The van der Waals surface area contributed by atoms with Gasteiger partial charge in [0.15, 0.2) is 0 Å². The Bertz CT molecular complexity index is 422. The van der Waals surface area contributed by atoms with Gasteiger partial charge < -0.3 is 4.90 Å². The van der Waals surface area contributed by atoms with Crippen molar-refractivity contribution in [1.29, 1.82) is 0 Å². The van der Waals surface area contributed by atoms with Crippen LogP contribution in [0.4, 0.5) is 4.39 Å². The van der Waals surface area contributed by atoms with E-state index in [4.69, 9.17) is 0 Å². The molecule has 92 valence electrons. The highest BCUT2D eigenvalue weighted by Gasteiger charge is 2.23. The molecule has 1 aromatic carbocycles. The molecule has 0 N–H and O–H groups in total. The lowest BCUT2D eigenvalue weighted by molar-refractivity contribution is 0.0692. The minimum Gasteiger partial charge on any atom is -0.339 e. The van der Waals surface area contributed by atoms with Crippen LogP contribution in [0.15, 0.2) is 18.2 Å². The van der Waals surface area contributed by atoms with Crippen LogP contribution in [0.5, 0.6) is 0 Å². The lowest BCUT2D eigenvalue weighted by atomic mass is 9.98. The first kappa shape index (κ1) is 12.1. The van der Waals surface area contributed by atoms with Crippen LogP contribution in [0.25, 0.3) is 0 Å². The van der Waals surface area contributed by atoms with Gasteiger partial charge in [-0.2, -0.15) is 0 Å². The lowest BCUT2D eigenvalue weighted by Crippen LogP contribution is -2.38. The summed E-state index contributed by atoms with van der Waals surface area (Å²) in [4.78, 5) is 13.9. The Morgan fingerprint density at radius 3 is 2.65 bits per heavy atom. The van der Waals surface area contributed by atoms with Gasteiger partial charge in [0.2, 0.25) is 0 Å². The third kappa shape index (κ3) is 2.65. The molecule has 0 saturated carbocycles. The number of piperidine rings is 1. The molecule has 0 aliphatic carbocycles. The largest absolute Gasteiger partial charge is 0.339 e. The SMILES string of the molecule is Cc1ccc(F)c(C(=O)N2CCC(C)CC2)c1. The van der Waals surface area contributed by atoms with Crippen LogP contribution >= 0.6 is 0 Å². The van der Waals surface area contributed by atoms with E-state index in [1.54, 1.807) is 17.0 Å². The standard InChI is InChI=1S/C14H18FNO/c1-10-5-7-16(8-6-10)14(17)12-9-11(2)3-4-13(12)15/h3-4,9-10H,5-8H2,1-2H3. The van der Waals surface area contributed by atoms with Gasteiger partial charge in [-0.15, -0.1) is 0 Å². The normalized spacial score (nSPS) is 17.2. The Balaban J connectivity index is 2.16. The van der Waals surface area contributed by atoms with Crippen molar-refractivity contribution in [2.45, 2.75) is 26.7 Å². The number of halogens is 1. The van der Waals surface area contributed by atoms with Crippen molar-refractivity contribution >= 4 is 5.91 Å². The van der Waals surface area contributed by atoms with E-state index in [9.17, 15) is 9.18 Å². The van der Waals surface area contributed by atoms with E-state index in [1.807, 2.05) is 6.92 Å². The summed E-state index contributed by atoms with van der Waals surface area (Å²) < 4.78 is 13.6. The predicted octanol–water partition coefficient (Wildman–Crippen LogP) is 3.01. The Morgan fingerprint density at radius 2 is 2.00 bits per heavy atom. The summed E-state index contributed by atoms with van der Waals surface area (Å²) in [6, 6.07) is 4.69. The maximum Gasteiger partial charge on any atom is 0.256 e. The van der Waals surface area contributed by atoms with Crippen LogP contribution in [-0.2, 0) is 0 Å². The van der Waals surface area contributed by atoms with Gasteiger partial charge in [0.05, 0.1) is 5.56 Å². The average molecular weight is 235 g/mol. The maximum atomic E-state index is 13.6. The van der Waals surface area contributed by atoms with Crippen LogP contribution in [0, 0.1) is 18.7 Å². The minimum atomic E-state index is -0.417. The second-order valence-corrected chi connectivity index (χ2v) is 4.96. The number of rotatable bonds is 1. The summed E-state index contributed by atoms with van der Waals surface area (Å²) in [5.74, 6) is 0.0822. The summed E-state index contributed by atoms with van der Waals surface area (Å²) >= 11 is 0. The first-order valence-electron chi connectivity index (χ1n) is 6.13. The fourth-order valence-corrected chi connectivity index (χ4v) is 2.19. The number of amides is 1. The lowest BCUT2D eigenvalue weighted by Gasteiger charge is -2.30. The molecule has 2 rings (SSSR count). The van der Waals surface area contributed by atoms with E-state index < -0.39 is 5.82 Å². The van der Waals surface area contributed by atoms with Crippen molar-refractivity contribution < 1.29 is 9.18 Å². The summed E-state index contributed by atoms with van der Waals surface area (Å²) in [6.45, 7) is 5.55. The zero-order valence-electron chi connectivity index (χ0n) is 10.4. The Kier molecular flexibility index (Phi) is 3.46. The van der Waals surface area contributed by atoms with Crippen molar-refractivity contribution in [3.63, 3.8) is 0 Å². The molecule has 1 aromatic rings. The van der Waals surface area contributed by atoms with Gasteiger partial charge in [-0.3, -0.25) is 4.79 Å². The average Bonchev–Trinajstić information content (AvgIpc) is 2.32. The Morgan fingerprint density at radius 1 is 1.35 bits per heavy atom. The molecular weight excluding hydrogens is 217 g/mol. The number of aryl methyl sites for hydroxylation is 1. The molecule has 0 atom stereocenters. The molecule has 1 heterocycles. The van der Waals surface area contributed by atoms with Gasteiger partial charge >= 0.3 is 0 Å². The molecule has 2 nitrogen and oxygen atoms in total. The number of carbonyl (C=O) groups is 1. The first-order chi connectivity index (χ1) is 8.08. The van der Waals surface area contributed by atoms with Crippen molar-refractivity contribution in [3.8, 4) is 0 Å². The second kappa shape index (κ2) is 4.86. The monoisotopic (exact) mass is 235 g/mol. The topological polar surface area (TPSA) is 20.3 Å². The minimum absolute atomic E-state index is 0.168. The molecular formula is C14H18FNO. The molecule has 1 amide bonds. The van der Waals surface area contributed by atoms with Crippen molar-refractivity contribution in [2.24, 2.45) is 5.92 Å². The molecule has 0 aromatic heterocycles. The van der Waals surface area contributed by atoms with Crippen LogP contribution in [0.3, 0.4) is 0 Å². The van der Waals surface area contributed by atoms with Gasteiger partial charge in [0.25, 0.3) is 5.91 Å². The molecule has 0 unspecified atom stereocenters. The fourth-order valence-electron chi connectivity index (χ4n) is 2.19. The number of carbonyl (C=O) groups excluding carboxylic acids is 1. The van der Waals surface area contributed by atoms with Gasteiger partial charge in [-0.25, -0.2) is 4.39 Å². The summed E-state index contributed by atoms with van der Waals surface area (Å²) in [7, 11) is 0. The molecule has 17 heavy (non-hydrogen) atoms. The van der Waals surface area contributed by atoms with Crippen LogP contribution in [0.2, 0.25) is 0 Å². The van der Waals surface area contributed by atoms with Gasteiger partial charge in [-0.05, 0) is 37.8 Å². The predicted molar refractivity (Wildman–Crippen MR) is 65.4 cm³/mol. The molecule has 1 fully saturated rings. The number of hydrogen-bond acceptors (Lipinski definition) is 1. The summed E-state index contributed by atoms with van der Waals surface area (Å²) in [5.41, 5.74) is 1.12. The van der Waals surface area contributed by atoms with E-state index in [-0.39, 0.29) is 11.5 Å². The highest BCUT2D eigenvalue weighted by molar-refractivity contribution is 5.94. The number of likely N-dealkylation sites (tertiary alicyclic amines) is 1. The highest BCUT2D eigenvalue weighted by atomic mass is 19.1. The van der Waals surface area contributed by atoms with Crippen LogP contribution in [0.1, 0.15) is 35.7 Å². The molecule has 1 aliphatic rings. The van der Waals surface area contributed by atoms with E-state index in [0.29, 0.717) is 5.92 Å². The summed E-state index contributed by atoms with van der Waals surface area (Å²) in [5, 5.41) is 0. The molecule has 1 aliphatic heterocycles. The molecule has 0 bridgehead atoms. The van der Waals surface area contributed by atoms with Crippen molar-refractivity contribution in [3.05, 3.63) is 35.1 Å². The first-order valence-corrected chi connectivity index (χ1v) is 6.13. The van der Waals surface area contributed by atoms with Gasteiger partial charge in [0.1, 0.15) is 5.82 Å². The Labute approximate surface area is 101 Å². The third-order valence-electron chi connectivity index (χ3n) is 3.42. The van der Waals surface area contributed by atoms with E-state index in [0.717, 1.165) is 31.5 Å². The van der Waals surface area contributed by atoms with Crippen molar-refractivity contribution in [1.82, 2.24) is 4.90 Å². The number of benzene rings is 1. The molecule has 1 saturated heterocycles. The summed E-state index contributed by atoms with van der Waals surface area (Å²) in [6.07, 6.45) is 2.03. The fraction of sp³-hybridized carbons (Fsp3) is 0.500. The number of hydrogen-bond donors (Lipinski definition) is 0. The molecule has 0 spiro atoms. The quantitative estimate of drug-likeness (QED) is 0.732. The molecule has 0 radical (unpaired) electrons. The van der Waals surface area contributed by atoms with Gasteiger partial charge in [0, 0.05) is 13.1 Å². The van der Waals surface area contributed by atoms with Crippen LogP contribution in [-0.4, -0.2) is 23.9 Å². The second-order valence-electron chi connectivity index (χ2n) is 4.96. The van der Waals surface area contributed by atoms with E-state index in [1.165, 1.54) is 6.07 Å². The van der Waals surface area contributed by atoms with Crippen molar-refractivity contribution in [2.75, 3.05) is 13.1 Å². The Hall–Kier alpha value is -1.38. The van der Waals surface area contributed by atoms with E-state index in [2.05, 4.69) is 6.92 Å².